The third-order valence-corrected chi connectivity index (χ3v) is 1.39. The van der Waals surface area contributed by atoms with E-state index in [0.29, 0.717) is 17.0 Å². The number of anilines is 1. The number of aldehydes is 1. The molecule has 0 aromatic heterocycles. The molecule has 3 nitrogen and oxygen atoms in total. The molecule has 0 fully saturated rings. The summed E-state index contributed by atoms with van der Waals surface area (Å²) >= 11 is 0. The largest absolute Gasteiger partial charge is 0.495 e. The topological polar surface area (TPSA) is 52.3 Å². The van der Waals surface area contributed by atoms with Crippen molar-refractivity contribution in [1.29, 1.82) is 0 Å². The Morgan fingerprint density at radius 1 is 1.50 bits per heavy atom. The van der Waals surface area contributed by atoms with Crippen molar-refractivity contribution in [2.24, 2.45) is 0 Å². The van der Waals surface area contributed by atoms with Gasteiger partial charge in [0, 0.05) is 22.6 Å². The van der Waals surface area contributed by atoms with Crippen molar-refractivity contribution >= 4 is 12.0 Å². The number of benzene rings is 1. The molecule has 0 amide bonds. The summed E-state index contributed by atoms with van der Waals surface area (Å²) in [6.45, 7) is 0. The molecule has 0 aliphatic carbocycles. The van der Waals surface area contributed by atoms with E-state index in [2.05, 4.69) is 0 Å². The zero-order valence-corrected chi connectivity index (χ0v) is 7.66. The average Bonchev–Trinajstić information content (AvgIpc) is 2.05. The normalized spacial score (nSPS) is 8.42. The predicted octanol–water partition coefficient (Wildman–Crippen LogP) is 1.09. The van der Waals surface area contributed by atoms with Gasteiger partial charge in [-0.3, -0.25) is 4.79 Å². The molecule has 12 heavy (non-hydrogen) atoms. The van der Waals surface area contributed by atoms with Gasteiger partial charge in [0.2, 0.25) is 0 Å². The van der Waals surface area contributed by atoms with Gasteiger partial charge in [-0.2, -0.15) is 0 Å². The second-order valence-electron chi connectivity index (χ2n) is 2.12. The number of carbonyl (C=O) groups excluding carboxylic acids is 1. The van der Waals surface area contributed by atoms with Crippen molar-refractivity contribution in [3.8, 4) is 5.75 Å². The van der Waals surface area contributed by atoms with E-state index in [1.54, 1.807) is 18.2 Å². The summed E-state index contributed by atoms with van der Waals surface area (Å²) in [5.41, 5.74) is 6.62. The fourth-order valence-electron chi connectivity index (χ4n) is 0.801. The van der Waals surface area contributed by atoms with Gasteiger partial charge in [-0.1, -0.05) is 0 Å². The molecule has 0 saturated heterocycles. The van der Waals surface area contributed by atoms with E-state index >= 15 is 0 Å². The zero-order valence-electron chi connectivity index (χ0n) is 6.56. The average molecular weight is 207 g/mol. The molecule has 0 aliphatic heterocycles. The Balaban J connectivity index is 0.00000121. The first-order chi connectivity index (χ1) is 5.27. The van der Waals surface area contributed by atoms with Crippen LogP contribution in [0.15, 0.2) is 18.2 Å². The van der Waals surface area contributed by atoms with Crippen molar-refractivity contribution in [1.82, 2.24) is 0 Å². The first kappa shape index (κ1) is 11.0. The molecule has 1 aromatic rings. The summed E-state index contributed by atoms with van der Waals surface area (Å²) in [4.78, 5) is 10.3. The van der Waals surface area contributed by atoms with E-state index < -0.39 is 0 Å². The number of hydrogen-bond acceptors (Lipinski definition) is 3. The van der Waals surface area contributed by atoms with Gasteiger partial charge >= 0.3 is 0 Å². The van der Waals surface area contributed by atoms with Crippen LogP contribution >= 0.6 is 0 Å². The smallest absolute Gasteiger partial charge is 0.150 e. The maximum atomic E-state index is 10.3. The Hall–Kier alpha value is -0.991. The van der Waals surface area contributed by atoms with Crippen molar-refractivity contribution in [2.45, 2.75) is 0 Å². The summed E-state index contributed by atoms with van der Waals surface area (Å²) < 4.78 is 4.90. The van der Waals surface area contributed by atoms with Crippen LogP contribution in [0.4, 0.5) is 5.69 Å². The van der Waals surface area contributed by atoms with Gasteiger partial charge in [0.1, 0.15) is 12.0 Å². The van der Waals surface area contributed by atoms with Crippen LogP contribution in [0.5, 0.6) is 5.75 Å². The quantitative estimate of drug-likeness (QED) is 0.448. The maximum Gasteiger partial charge on any atom is 0.150 e. The van der Waals surface area contributed by atoms with Crippen molar-refractivity contribution in [3.63, 3.8) is 0 Å². The molecule has 0 unspecified atom stereocenters. The minimum absolute atomic E-state index is 0. The number of hydrogen-bond donors (Lipinski definition) is 1. The second kappa shape index (κ2) is 4.80. The Bertz CT molecular complexity index is 276. The zero-order chi connectivity index (χ0) is 8.27. The van der Waals surface area contributed by atoms with Crippen LogP contribution in [0.2, 0.25) is 0 Å². The molecule has 0 bridgehead atoms. The van der Waals surface area contributed by atoms with Crippen LogP contribution < -0.4 is 10.5 Å². The summed E-state index contributed by atoms with van der Waals surface area (Å²) in [7, 11) is 1.51. The number of rotatable bonds is 2. The number of ether oxygens (including phenoxy) is 1. The summed E-state index contributed by atoms with van der Waals surface area (Å²) in [5.74, 6) is 0.537. The van der Waals surface area contributed by atoms with E-state index in [1.807, 2.05) is 0 Å². The summed E-state index contributed by atoms with van der Waals surface area (Å²) in [6.07, 6.45) is 0.752. The van der Waals surface area contributed by atoms with Gasteiger partial charge in [-0.25, -0.2) is 0 Å². The minimum atomic E-state index is 0. The summed E-state index contributed by atoms with van der Waals surface area (Å²) in [5, 5.41) is 0. The van der Waals surface area contributed by atoms with E-state index in [-0.39, 0.29) is 17.1 Å². The first-order valence-electron chi connectivity index (χ1n) is 3.16. The van der Waals surface area contributed by atoms with Crippen molar-refractivity contribution in [2.75, 3.05) is 12.8 Å². The van der Waals surface area contributed by atoms with E-state index in [4.69, 9.17) is 10.5 Å². The molecule has 0 saturated carbocycles. The number of methoxy groups -OCH3 is 1. The van der Waals surface area contributed by atoms with E-state index in [0.717, 1.165) is 6.29 Å². The number of carbonyl (C=O) groups is 1. The predicted molar refractivity (Wildman–Crippen MR) is 42.8 cm³/mol. The molecule has 0 aliphatic rings. The third-order valence-electron chi connectivity index (χ3n) is 1.39. The molecule has 0 radical (unpaired) electrons. The van der Waals surface area contributed by atoms with E-state index in [1.165, 1.54) is 7.11 Å². The van der Waals surface area contributed by atoms with Gasteiger partial charge in [0.15, 0.2) is 0 Å². The van der Waals surface area contributed by atoms with Gasteiger partial charge in [-0.15, -0.1) is 0 Å². The molecule has 4 heteroatoms. The van der Waals surface area contributed by atoms with Crippen LogP contribution in [-0.2, 0) is 17.1 Å². The standard InChI is InChI=1S/C8H9NO2.Fe/c1-11-8-4-6(5-10)2-3-7(8)9;/h2-5H,9H2,1H3;. The molecule has 66 valence electrons. The Kier molecular flexibility index (Phi) is 4.40. The fourth-order valence-corrected chi connectivity index (χ4v) is 0.801. The molecule has 0 heterocycles. The molecule has 0 atom stereocenters. The van der Waals surface area contributed by atoms with Gasteiger partial charge in [0.05, 0.1) is 12.8 Å². The van der Waals surface area contributed by atoms with Crippen LogP contribution in [0.25, 0.3) is 0 Å². The van der Waals surface area contributed by atoms with Crippen LogP contribution in [0.3, 0.4) is 0 Å². The first-order valence-corrected chi connectivity index (χ1v) is 3.16. The minimum Gasteiger partial charge on any atom is -0.495 e. The fraction of sp³-hybridized carbons (Fsp3) is 0.125. The molecule has 2 N–H and O–H groups in total. The van der Waals surface area contributed by atoms with Gasteiger partial charge < -0.3 is 10.5 Å². The Morgan fingerprint density at radius 3 is 2.67 bits per heavy atom. The maximum absolute atomic E-state index is 10.3. The van der Waals surface area contributed by atoms with E-state index in [9.17, 15) is 4.79 Å². The van der Waals surface area contributed by atoms with Gasteiger partial charge in [0.25, 0.3) is 0 Å². The Labute approximate surface area is 81.4 Å². The second-order valence-corrected chi connectivity index (χ2v) is 2.12. The molecule has 1 aromatic carbocycles. The van der Waals surface area contributed by atoms with Crippen LogP contribution in [0, 0.1) is 0 Å². The summed E-state index contributed by atoms with van der Waals surface area (Å²) in [6, 6.07) is 4.88. The van der Waals surface area contributed by atoms with Crippen molar-refractivity contribution < 1.29 is 26.6 Å². The molecular weight excluding hydrogens is 198 g/mol. The molecular formula is C8H9FeNO2. The molecule has 0 spiro atoms. The number of nitrogens with two attached hydrogens (primary N) is 1. The monoisotopic (exact) mass is 207 g/mol. The van der Waals surface area contributed by atoms with Crippen LogP contribution in [-0.4, -0.2) is 13.4 Å². The Morgan fingerprint density at radius 2 is 2.17 bits per heavy atom. The van der Waals surface area contributed by atoms with Gasteiger partial charge in [-0.05, 0) is 18.2 Å². The number of nitrogen functional groups attached to an aromatic ring is 1. The molecule has 1 rings (SSSR count). The van der Waals surface area contributed by atoms with Crippen LogP contribution in [0.1, 0.15) is 10.4 Å². The SMILES string of the molecule is COc1cc(C=O)ccc1N.[Fe]. The van der Waals surface area contributed by atoms with Crippen molar-refractivity contribution in [3.05, 3.63) is 23.8 Å². The third kappa shape index (κ3) is 2.26.